The molecule has 150 valence electrons. The maximum atomic E-state index is 12.9. The Balaban J connectivity index is 1.71. The molecule has 1 heterocycles. The van der Waals surface area contributed by atoms with Gasteiger partial charge in [0, 0.05) is 0 Å². The topological polar surface area (TPSA) is 116 Å². The van der Waals surface area contributed by atoms with Crippen molar-refractivity contribution in [2.75, 3.05) is 6.61 Å². The fraction of sp³-hybridized carbons (Fsp3) is 0.350. The van der Waals surface area contributed by atoms with Gasteiger partial charge in [0.1, 0.15) is 42.1 Å². The Bertz CT molecular complexity index is 808. The van der Waals surface area contributed by atoms with Crippen LogP contribution in [0.15, 0.2) is 48.5 Å². The highest BCUT2D eigenvalue weighted by Crippen LogP contribution is 2.33. The van der Waals surface area contributed by atoms with Crippen molar-refractivity contribution in [3.05, 3.63) is 65.5 Å². The summed E-state index contributed by atoms with van der Waals surface area (Å²) in [4.78, 5) is 12.1. The molecule has 7 nitrogen and oxygen atoms in total. The van der Waals surface area contributed by atoms with Crippen molar-refractivity contribution in [2.45, 2.75) is 36.9 Å². The highest BCUT2D eigenvalue weighted by molar-refractivity contribution is 5.75. The number of benzene rings is 2. The number of rotatable bonds is 5. The Morgan fingerprint density at radius 2 is 1.75 bits per heavy atom. The molecule has 2 aromatic rings. The fourth-order valence-corrected chi connectivity index (χ4v) is 3.07. The molecule has 0 aliphatic carbocycles. The molecule has 2 aromatic carbocycles. The van der Waals surface area contributed by atoms with Crippen LogP contribution < -0.4 is 4.74 Å². The molecule has 0 aromatic heterocycles. The van der Waals surface area contributed by atoms with Crippen LogP contribution in [0.3, 0.4) is 0 Å². The summed E-state index contributed by atoms with van der Waals surface area (Å²) in [5.41, 5.74) is 1.00. The average molecular weight is 392 g/mol. The van der Waals surface area contributed by atoms with Gasteiger partial charge in [0.05, 0.1) is 13.0 Å². The summed E-state index contributed by atoms with van der Waals surface area (Å²) in [5.74, 6) is -0.761. The molecule has 3 rings (SSSR count). The monoisotopic (exact) mass is 392 g/mol. The maximum Gasteiger partial charge on any atom is 0.315 e. The first-order chi connectivity index (χ1) is 13.4. The van der Waals surface area contributed by atoms with Crippen LogP contribution in [0.2, 0.25) is 0 Å². The van der Waals surface area contributed by atoms with Crippen LogP contribution in [-0.2, 0) is 16.0 Å². The zero-order valence-corrected chi connectivity index (χ0v) is 14.8. The van der Waals surface area contributed by atoms with Crippen molar-refractivity contribution in [3.8, 4) is 5.75 Å². The zero-order valence-electron chi connectivity index (χ0n) is 14.8. The Kier molecular flexibility index (Phi) is 6.38. The lowest BCUT2D eigenvalue weighted by atomic mass is 9.91. The quantitative estimate of drug-likeness (QED) is 0.432. The molecule has 1 aliphatic rings. The molecule has 0 radical (unpaired) electrons. The first-order valence-corrected chi connectivity index (χ1v) is 8.74. The van der Waals surface area contributed by atoms with E-state index >= 15 is 0 Å². The van der Waals surface area contributed by atoms with E-state index in [1.165, 1.54) is 36.4 Å². The Labute approximate surface area is 160 Å². The second-order valence-electron chi connectivity index (χ2n) is 6.60. The van der Waals surface area contributed by atoms with Gasteiger partial charge >= 0.3 is 5.97 Å². The van der Waals surface area contributed by atoms with E-state index in [1.807, 2.05) is 0 Å². The van der Waals surface area contributed by atoms with Crippen molar-refractivity contribution in [2.24, 2.45) is 0 Å². The summed E-state index contributed by atoms with van der Waals surface area (Å²) in [6, 6.07) is 11.7. The SMILES string of the molecule is O=C(Cc1ccc(F)cc1)Oc1cccc([C@H]2O[C@H](CO)[C@@H](O)[C@H](O)[C@@H]2O)c1. The Morgan fingerprint density at radius 1 is 1.04 bits per heavy atom. The predicted octanol–water partition coefficient (Wildman–Crippen LogP) is 0.489. The minimum Gasteiger partial charge on any atom is -0.426 e. The second-order valence-corrected chi connectivity index (χ2v) is 6.60. The second kappa shape index (κ2) is 8.76. The van der Waals surface area contributed by atoms with E-state index in [9.17, 15) is 29.6 Å². The van der Waals surface area contributed by atoms with Gasteiger partial charge in [0.2, 0.25) is 0 Å². The molecule has 0 spiro atoms. The van der Waals surface area contributed by atoms with Gasteiger partial charge in [0.15, 0.2) is 0 Å². The third kappa shape index (κ3) is 4.54. The van der Waals surface area contributed by atoms with Gasteiger partial charge < -0.3 is 29.9 Å². The lowest BCUT2D eigenvalue weighted by Crippen LogP contribution is -2.55. The Morgan fingerprint density at radius 3 is 2.43 bits per heavy atom. The van der Waals surface area contributed by atoms with Gasteiger partial charge in [-0.3, -0.25) is 4.79 Å². The van der Waals surface area contributed by atoms with E-state index in [1.54, 1.807) is 12.1 Å². The van der Waals surface area contributed by atoms with Crippen LogP contribution in [-0.4, -0.2) is 57.4 Å². The van der Waals surface area contributed by atoms with Crippen molar-refractivity contribution >= 4 is 5.97 Å². The minimum absolute atomic E-state index is 0.0510. The van der Waals surface area contributed by atoms with E-state index < -0.39 is 48.9 Å². The summed E-state index contributed by atoms with van der Waals surface area (Å²) in [6.07, 6.45) is -6.49. The van der Waals surface area contributed by atoms with Gasteiger partial charge in [-0.2, -0.15) is 0 Å². The first kappa shape index (κ1) is 20.4. The molecular weight excluding hydrogens is 371 g/mol. The van der Waals surface area contributed by atoms with Gasteiger partial charge in [0.25, 0.3) is 0 Å². The molecule has 4 N–H and O–H groups in total. The van der Waals surface area contributed by atoms with Gasteiger partial charge in [-0.15, -0.1) is 0 Å². The largest absolute Gasteiger partial charge is 0.426 e. The number of carbonyl (C=O) groups is 1. The highest BCUT2D eigenvalue weighted by atomic mass is 19.1. The van der Waals surface area contributed by atoms with Gasteiger partial charge in [-0.25, -0.2) is 4.39 Å². The van der Waals surface area contributed by atoms with Crippen LogP contribution in [0.5, 0.6) is 5.75 Å². The van der Waals surface area contributed by atoms with Crippen molar-refractivity contribution < 1.29 is 39.1 Å². The number of hydrogen-bond acceptors (Lipinski definition) is 7. The Hall–Kier alpha value is -2.36. The zero-order chi connectivity index (χ0) is 20.3. The standard InChI is InChI=1S/C20H21FO7/c21-13-6-4-11(5-7-13)8-16(23)27-14-3-1-2-12(9-14)20-19(26)18(25)17(24)15(10-22)28-20/h1-7,9,15,17-20,22,24-26H,8,10H2/t15-,17-,18+,19+,20-/m1/s1. The summed E-state index contributed by atoms with van der Waals surface area (Å²) in [7, 11) is 0. The molecule has 28 heavy (non-hydrogen) atoms. The van der Waals surface area contributed by atoms with E-state index in [4.69, 9.17) is 9.47 Å². The van der Waals surface area contributed by atoms with Crippen molar-refractivity contribution in [3.63, 3.8) is 0 Å². The molecular formula is C20H21FO7. The number of halogens is 1. The van der Waals surface area contributed by atoms with E-state index in [2.05, 4.69) is 0 Å². The van der Waals surface area contributed by atoms with Crippen molar-refractivity contribution in [1.82, 2.24) is 0 Å². The number of aliphatic hydroxyl groups is 4. The van der Waals surface area contributed by atoms with Crippen LogP contribution in [0.25, 0.3) is 0 Å². The van der Waals surface area contributed by atoms with Gasteiger partial charge in [-0.1, -0.05) is 24.3 Å². The number of esters is 1. The molecule has 0 unspecified atom stereocenters. The predicted molar refractivity (Wildman–Crippen MR) is 94.9 cm³/mol. The molecule has 0 saturated carbocycles. The summed E-state index contributed by atoms with van der Waals surface area (Å²) >= 11 is 0. The molecule has 5 atom stereocenters. The minimum atomic E-state index is -1.50. The molecule has 1 aliphatic heterocycles. The average Bonchev–Trinajstić information content (AvgIpc) is 2.68. The first-order valence-electron chi connectivity index (χ1n) is 8.74. The molecule has 1 fully saturated rings. The third-order valence-corrected chi connectivity index (χ3v) is 4.57. The lowest BCUT2D eigenvalue weighted by Gasteiger charge is -2.40. The molecule has 0 bridgehead atoms. The van der Waals surface area contributed by atoms with E-state index in [0.717, 1.165) is 0 Å². The molecule has 8 heteroatoms. The highest BCUT2D eigenvalue weighted by Gasteiger charge is 2.43. The number of aliphatic hydroxyl groups excluding tert-OH is 4. The fourth-order valence-electron chi connectivity index (χ4n) is 3.07. The molecule has 1 saturated heterocycles. The normalized spacial score (nSPS) is 27.4. The molecule has 0 amide bonds. The smallest absolute Gasteiger partial charge is 0.315 e. The maximum absolute atomic E-state index is 12.9. The van der Waals surface area contributed by atoms with Crippen LogP contribution in [0.1, 0.15) is 17.2 Å². The summed E-state index contributed by atoms with van der Waals surface area (Å²) < 4.78 is 23.7. The van der Waals surface area contributed by atoms with Gasteiger partial charge in [-0.05, 0) is 35.4 Å². The van der Waals surface area contributed by atoms with Crippen molar-refractivity contribution in [1.29, 1.82) is 0 Å². The van der Waals surface area contributed by atoms with Crippen LogP contribution in [0.4, 0.5) is 4.39 Å². The van der Waals surface area contributed by atoms with Crippen LogP contribution in [0, 0.1) is 5.82 Å². The van der Waals surface area contributed by atoms with E-state index in [-0.39, 0.29) is 12.2 Å². The number of carbonyl (C=O) groups excluding carboxylic acids is 1. The number of hydrogen-bond donors (Lipinski definition) is 4. The third-order valence-electron chi connectivity index (χ3n) is 4.57. The summed E-state index contributed by atoms with van der Waals surface area (Å²) in [6.45, 7) is -0.534. The van der Waals surface area contributed by atoms with E-state index in [0.29, 0.717) is 11.1 Å². The van der Waals surface area contributed by atoms with Crippen LogP contribution >= 0.6 is 0 Å². The lowest BCUT2D eigenvalue weighted by molar-refractivity contribution is -0.231. The number of ether oxygens (including phenoxy) is 2. The summed E-state index contributed by atoms with van der Waals surface area (Å²) in [5, 5.41) is 39.3.